The Morgan fingerprint density at radius 1 is 1.08 bits per heavy atom. The number of aliphatic carboxylic acids is 1. The van der Waals surface area contributed by atoms with E-state index in [1.165, 1.54) is 22.6 Å². The number of benzene rings is 1. The molecular formula is C24H20FN5O4S2. The van der Waals surface area contributed by atoms with E-state index in [0.717, 1.165) is 22.3 Å². The third kappa shape index (κ3) is 4.56. The lowest BCUT2D eigenvalue weighted by Gasteiger charge is -2.37. The number of hydrogen-bond acceptors (Lipinski definition) is 8. The van der Waals surface area contributed by atoms with Crippen LogP contribution in [0.1, 0.15) is 5.56 Å². The Hall–Kier alpha value is -3.77. The van der Waals surface area contributed by atoms with E-state index in [0.29, 0.717) is 37.6 Å². The maximum Gasteiger partial charge on any atom is 0.323 e. The van der Waals surface area contributed by atoms with E-state index in [1.54, 1.807) is 36.5 Å². The third-order valence-corrected chi connectivity index (χ3v) is 7.34. The van der Waals surface area contributed by atoms with E-state index < -0.39 is 18.4 Å². The van der Waals surface area contributed by atoms with Crippen molar-refractivity contribution < 1.29 is 19.1 Å². The summed E-state index contributed by atoms with van der Waals surface area (Å²) in [7, 11) is 0. The van der Waals surface area contributed by atoms with Gasteiger partial charge in [0.25, 0.3) is 11.5 Å². The van der Waals surface area contributed by atoms with Crippen LogP contribution in [0.25, 0.3) is 11.7 Å². The van der Waals surface area contributed by atoms with Crippen molar-refractivity contribution in [3.63, 3.8) is 0 Å². The van der Waals surface area contributed by atoms with Gasteiger partial charge in [-0.2, -0.15) is 0 Å². The lowest BCUT2D eigenvalue weighted by atomic mass is 10.2. The van der Waals surface area contributed by atoms with E-state index in [2.05, 4.69) is 4.90 Å². The lowest BCUT2D eigenvalue weighted by Crippen LogP contribution is -2.47. The van der Waals surface area contributed by atoms with Gasteiger partial charge in [-0.3, -0.25) is 23.7 Å². The zero-order valence-electron chi connectivity index (χ0n) is 18.8. The van der Waals surface area contributed by atoms with E-state index in [9.17, 15) is 18.8 Å². The first-order valence-corrected chi connectivity index (χ1v) is 12.3. The molecule has 184 valence electrons. The van der Waals surface area contributed by atoms with Crippen molar-refractivity contribution in [2.45, 2.75) is 0 Å². The number of aromatic nitrogens is 2. The third-order valence-electron chi connectivity index (χ3n) is 5.96. The zero-order chi connectivity index (χ0) is 25.4. The Kier molecular flexibility index (Phi) is 6.46. The Morgan fingerprint density at radius 2 is 1.78 bits per heavy atom. The molecule has 0 atom stereocenters. The van der Waals surface area contributed by atoms with Crippen molar-refractivity contribution in [3.8, 4) is 0 Å². The number of carboxylic acid groups (broad SMARTS) is 1. The molecule has 0 unspecified atom stereocenters. The molecule has 2 saturated heterocycles. The molecule has 0 bridgehead atoms. The van der Waals surface area contributed by atoms with Gasteiger partial charge in [-0.15, -0.1) is 0 Å². The number of hydrogen-bond donors (Lipinski definition) is 1. The number of nitrogens with zero attached hydrogens (tertiary/aromatic N) is 5. The number of carbonyl (C=O) groups excluding carboxylic acids is 1. The molecule has 1 amide bonds. The summed E-state index contributed by atoms with van der Waals surface area (Å²) in [4.78, 5) is 47.5. The Morgan fingerprint density at radius 3 is 2.47 bits per heavy atom. The zero-order valence-corrected chi connectivity index (χ0v) is 20.5. The molecule has 0 spiro atoms. The van der Waals surface area contributed by atoms with Crippen LogP contribution in [0.5, 0.6) is 0 Å². The number of carbonyl (C=O) groups is 2. The molecule has 0 radical (unpaired) electrons. The van der Waals surface area contributed by atoms with E-state index >= 15 is 0 Å². The normalized spacial score (nSPS) is 17.5. The van der Waals surface area contributed by atoms with Crippen LogP contribution in [0.3, 0.4) is 0 Å². The van der Waals surface area contributed by atoms with Gasteiger partial charge < -0.3 is 14.9 Å². The minimum atomic E-state index is -1.18. The fourth-order valence-electron chi connectivity index (χ4n) is 4.19. The number of thioether (sulfide) groups is 1. The van der Waals surface area contributed by atoms with Crippen LogP contribution >= 0.6 is 24.0 Å². The molecule has 0 aliphatic carbocycles. The van der Waals surface area contributed by atoms with E-state index in [1.807, 2.05) is 4.90 Å². The van der Waals surface area contributed by atoms with Crippen LogP contribution in [0.4, 0.5) is 15.9 Å². The molecule has 3 aromatic rings. The average molecular weight is 526 g/mol. The molecule has 2 aliphatic rings. The topological polar surface area (TPSA) is 98.5 Å². The summed E-state index contributed by atoms with van der Waals surface area (Å²) < 4.78 is 14.8. The van der Waals surface area contributed by atoms with Gasteiger partial charge in [0.2, 0.25) is 0 Å². The number of carboxylic acids is 1. The molecule has 1 N–H and O–H groups in total. The van der Waals surface area contributed by atoms with Crippen LogP contribution < -0.4 is 15.4 Å². The molecule has 36 heavy (non-hydrogen) atoms. The second kappa shape index (κ2) is 9.70. The van der Waals surface area contributed by atoms with Crippen LogP contribution in [-0.2, 0) is 9.59 Å². The summed E-state index contributed by atoms with van der Waals surface area (Å²) in [5.74, 6) is -1.60. The Labute approximate surface area is 214 Å². The summed E-state index contributed by atoms with van der Waals surface area (Å²) >= 11 is 6.15. The highest BCUT2D eigenvalue weighted by atomic mass is 32.2. The molecule has 2 aromatic heterocycles. The number of piperazine rings is 1. The van der Waals surface area contributed by atoms with Crippen LogP contribution in [0.15, 0.2) is 58.4 Å². The quantitative estimate of drug-likeness (QED) is 0.398. The first-order chi connectivity index (χ1) is 17.3. The van der Waals surface area contributed by atoms with Crippen molar-refractivity contribution in [2.75, 3.05) is 42.5 Å². The summed E-state index contributed by atoms with van der Waals surface area (Å²) in [6.07, 6.45) is 3.06. The molecule has 1 aromatic carbocycles. The minimum absolute atomic E-state index is 0.122. The highest BCUT2D eigenvalue weighted by Crippen LogP contribution is 2.33. The molecule has 4 heterocycles. The summed E-state index contributed by atoms with van der Waals surface area (Å²) in [5.41, 5.74) is 1.25. The molecule has 5 rings (SSSR count). The molecular weight excluding hydrogens is 505 g/mol. The highest BCUT2D eigenvalue weighted by molar-refractivity contribution is 8.26. The number of thiocarbonyl (C=S) groups is 1. The first kappa shape index (κ1) is 23.9. The Balaban J connectivity index is 1.50. The average Bonchev–Trinajstić information content (AvgIpc) is 3.13. The fraction of sp³-hybridized carbons (Fsp3) is 0.208. The monoisotopic (exact) mass is 525 g/mol. The van der Waals surface area contributed by atoms with Gasteiger partial charge in [0.05, 0.1) is 10.5 Å². The van der Waals surface area contributed by atoms with Crippen molar-refractivity contribution >= 4 is 63.4 Å². The van der Waals surface area contributed by atoms with Gasteiger partial charge in [-0.1, -0.05) is 30.0 Å². The van der Waals surface area contributed by atoms with Gasteiger partial charge in [0.1, 0.15) is 28.1 Å². The van der Waals surface area contributed by atoms with Crippen LogP contribution in [0, 0.1) is 5.82 Å². The van der Waals surface area contributed by atoms with Crippen molar-refractivity contribution in [1.29, 1.82) is 0 Å². The van der Waals surface area contributed by atoms with Crippen LogP contribution in [0.2, 0.25) is 0 Å². The van der Waals surface area contributed by atoms with Gasteiger partial charge in [0.15, 0.2) is 0 Å². The van der Waals surface area contributed by atoms with Gasteiger partial charge in [0, 0.05) is 38.1 Å². The molecule has 2 aliphatic heterocycles. The van der Waals surface area contributed by atoms with Crippen molar-refractivity contribution in [1.82, 2.24) is 14.3 Å². The smallest absolute Gasteiger partial charge is 0.323 e. The van der Waals surface area contributed by atoms with E-state index in [-0.39, 0.29) is 26.2 Å². The predicted octanol–water partition coefficient (Wildman–Crippen LogP) is 2.45. The number of fused-ring (bicyclic) bond motifs is 1. The molecule has 0 saturated carbocycles. The number of pyridine rings is 1. The number of halogens is 1. The number of amides is 1. The van der Waals surface area contributed by atoms with Gasteiger partial charge in [-0.05, 0) is 42.5 Å². The van der Waals surface area contributed by atoms with Crippen molar-refractivity contribution in [2.24, 2.45) is 0 Å². The summed E-state index contributed by atoms with van der Waals surface area (Å²) in [5, 5.41) is 9.10. The van der Waals surface area contributed by atoms with Gasteiger partial charge in [-0.25, -0.2) is 9.37 Å². The maximum absolute atomic E-state index is 13.5. The number of anilines is 2. The lowest BCUT2D eigenvalue weighted by molar-refractivity contribution is -0.140. The molecule has 2 fully saturated rings. The van der Waals surface area contributed by atoms with Gasteiger partial charge >= 0.3 is 5.97 Å². The fourth-order valence-corrected chi connectivity index (χ4v) is 5.43. The summed E-state index contributed by atoms with van der Waals surface area (Å²) in [6, 6.07) is 11.5. The standard InChI is InChI=1S/C24H20FN5O4S2/c25-15-4-6-16(7-5-15)27-9-11-28(12-10-27)21-17(22(33)29-8-2-1-3-19(29)26-21)13-18-23(34)30(14-20(31)32)24(35)36-18/h1-8,13H,9-12,14H2,(H,31,32)/b18-13-. The minimum Gasteiger partial charge on any atom is -0.480 e. The largest absolute Gasteiger partial charge is 0.480 e. The van der Waals surface area contributed by atoms with E-state index in [4.69, 9.17) is 22.3 Å². The molecule has 9 nitrogen and oxygen atoms in total. The Bertz CT molecular complexity index is 1470. The van der Waals surface area contributed by atoms with Crippen molar-refractivity contribution in [3.05, 3.63) is 75.3 Å². The highest BCUT2D eigenvalue weighted by Gasteiger charge is 2.34. The second-order valence-corrected chi connectivity index (χ2v) is 9.87. The predicted molar refractivity (Wildman–Crippen MR) is 140 cm³/mol. The maximum atomic E-state index is 13.5. The first-order valence-electron chi connectivity index (χ1n) is 11.1. The van der Waals surface area contributed by atoms with Crippen LogP contribution in [-0.4, -0.2) is 68.3 Å². The molecule has 12 heteroatoms. The summed E-state index contributed by atoms with van der Waals surface area (Å²) in [6.45, 7) is 1.81. The second-order valence-electron chi connectivity index (χ2n) is 8.20. The number of rotatable bonds is 5. The SMILES string of the molecule is O=C(O)CN1C(=O)/C(=C/c2c(N3CCN(c4ccc(F)cc4)CC3)nc3ccccn3c2=O)SC1=S.